The van der Waals surface area contributed by atoms with Gasteiger partial charge in [0.05, 0.1) is 40.2 Å². The number of benzene rings is 3. The molecular weight excluding hydrogens is 578 g/mol. The van der Waals surface area contributed by atoms with E-state index in [0.717, 1.165) is 11.1 Å². The van der Waals surface area contributed by atoms with Crippen LogP contribution in [0.4, 0.5) is 5.69 Å². The summed E-state index contributed by atoms with van der Waals surface area (Å²) in [6, 6.07) is 16.9. The third-order valence-corrected chi connectivity index (χ3v) is 10.7. The molecule has 3 aromatic rings. The van der Waals surface area contributed by atoms with Gasteiger partial charge < -0.3 is 14.7 Å². The van der Waals surface area contributed by atoms with Crippen molar-refractivity contribution in [3.8, 4) is 5.75 Å². The van der Waals surface area contributed by atoms with Gasteiger partial charge in [0.15, 0.2) is 5.75 Å². The number of ether oxygens (including phenoxy) is 1. The van der Waals surface area contributed by atoms with Gasteiger partial charge in [-0.1, -0.05) is 48.4 Å². The molecule has 0 bridgehead atoms. The van der Waals surface area contributed by atoms with Crippen molar-refractivity contribution in [1.29, 1.82) is 0 Å². The quantitative estimate of drug-likeness (QED) is 0.376. The lowest BCUT2D eigenvalue weighted by atomic mass is 9.99. The van der Waals surface area contributed by atoms with E-state index < -0.39 is 44.0 Å². The molecule has 0 saturated carbocycles. The zero-order valence-corrected chi connectivity index (χ0v) is 25.9. The summed E-state index contributed by atoms with van der Waals surface area (Å²) in [6.07, 6.45) is -0.777. The third-order valence-electron chi connectivity index (χ3n) is 7.43. The van der Waals surface area contributed by atoms with Crippen molar-refractivity contribution in [3.63, 3.8) is 0 Å². The van der Waals surface area contributed by atoms with Gasteiger partial charge in [-0.05, 0) is 57.2 Å². The Labute approximate surface area is 248 Å². The van der Waals surface area contributed by atoms with Crippen LogP contribution in [0.15, 0.2) is 76.5 Å². The van der Waals surface area contributed by atoms with Gasteiger partial charge in [-0.25, -0.2) is 16.8 Å². The van der Waals surface area contributed by atoms with Crippen LogP contribution in [0.3, 0.4) is 0 Å². The number of aliphatic hydroxyl groups excluding tert-OH is 1. The fourth-order valence-electron chi connectivity index (χ4n) is 4.70. The first kappa shape index (κ1) is 31.5. The monoisotopic (exact) mass is 615 g/mol. The number of aryl methyl sites for hydroxylation is 2. The van der Waals surface area contributed by atoms with Crippen molar-refractivity contribution in [2.24, 2.45) is 5.92 Å². The molecule has 0 aliphatic carbocycles. The summed E-state index contributed by atoms with van der Waals surface area (Å²) in [6.45, 7) is 7.06. The summed E-state index contributed by atoms with van der Waals surface area (Å²) in [7, 11) is -6.48. The molecule has 0 saturated heterocycles. The van der Waals surface area contributed by atoms with Crippen molar-refractivity contribution in [1.82, 2.24) is 9.21 Å². The molecule has 0 spiro atoms. The van der Waals surface area contributed by atoms with E-state index in [-0.39, 0.29) is 46.5 Å². The molecule has 1 aliphatic rings. The van der Waals surface area contributed by atoms with Gasteiger partial charge in [0, 0.05) is 19.5 Å². The maximum atomic E-state index is 13.7. The van der Waals surface area contributed by atoms with Crippen molar-refractivity contribution in [2.75, 3.05) is 31.5 Å². The summed E-state index contributed by atoms with van der Waals surface area (Å²) >= 11 is 0. The second-order valence-electron chi connectivity index (χ2n) is 10.8. The molecule has 42 heavy (non-hydrogen) atoms. The van der Waals surface area contributed by atoms with Crippen molar-refractivity contribution in [3.05, 3.63) is 83.4 Å². The summed E-state index contributed by atoms with van der Waals surface area (Å²) < 4.78 is 63.6. The van der Waals surface area contributed by atoms with Crippen LogP contribution in [0.5, 0.6) is 5.75 Å². The summed E-state index contributed by atoms with van der Waals surface area (Å²) in [5.41, 5.74) is 1.96. The first-order valence-electron chi connectivity index (χ1n) is 13.6. The van der Waals surface area contributed by atoms with Crippen LogP contribution in [0.2, 0.25) is 0 Å². The number of likely N-dealkylation sites (N-methyl/N-ethyl adjacent to an activating group) is 1. The molecule has 226 valence electrons. The number of rotatable bonds is 9. The fraction of sp³-hybridized carbons (Fsp3) is 0.367. The van der Waals surface area contributed by atoms with E-state index in [1.165, 1.54) is 40.5 Å². The highest BCUT2D eigenvalue weighted by molar-refractivity contribution is 7.92. The van der Waals surface area contributed by atoms with Gasteiger partial charge in [-0.3, -0.25) is 9.52 Å². The van der Waals surface area contributed by atoms with Gasteiger partial charge in [-0.15, -0.1) is 0 Å². The number of anilines is 1. The van der Waals surface area contributed by atoms with Gasteiger partial charge in [0.25, 0.3) is 15.9 Å². The highest BCUT2D eigenvalue weighted by Gasteiger charge is 2.36. The van der Waals surface area contributed by atoms with E-state index in [4.69, 9.17) is 4.74 Å². The largest absolute Gasteiger partial charge is 0.486 e. The zero-order chi connectivity index (χ0) is 30.8. The minimum Gasteiger partial charge on any atom is -0.486 e. The van der Waals surface area contributed by atoms with Gasteiger partial charge in [-0.2, -0.15) is 4.31 Å². The lowest BCUT2D eigenvalue weighted by Gasteiger charge is -2.38. The van der Waals surface area contributed by atoms with Crippen LogP contribution in [0.1, 0.15) is 35.3 Å². The molecule has 0 fully saturated rings. The Kier molecular flexibility index (Phi) is 9.31. The Morgan fingerprint density at radius 2 is 1.55 bits per heavy atom. The summed E-state index contributed by atoms with van der Waals surface area (Å²) in [5, 5.41) is 9.91. The molecule has 1 amide bonds. The molecule has 10 nitrogen and oxygen atoms in total. The number of amides is 1. The number of nitrogens with zero attached hydrogens (tertiary/aromatic N) is 2. The number of carbonyl (C=O) groups excluding carboxylic acids is 1. The lowest BCUT2D eigenvalue weighted by molar-refractivity contribution is 0.0389. The second kappa shape index (κ2) is 12.4. The van der Waals surface area contributed by atoms with Crippen LogP contribution in [-0.2, 0) is 20.0 Å². The molecular formula is C30H37N3O7S2. The lowest BCUT2D eigenvalue weighted by Crippen LogP contribution is -2.50. The Morgan fingerprint density at radius 1 is 0.976 bits per heavy atom. The van der Waals surface area contributed by atoms with E-state index >= 15 is 0 Å². The second-order valence-corrected chi connectivity index (χ2v) is 14.5. The Bertz CT molecular complexity index is 1640. The minimum atomic E-state index is -4.05. The predicted octanol–water partition coefficient (Wildman–Crippen LogP) is 3.65. The Balaban J connectivity index is 1.76. The number of hydrogen-bond donors (Lipinski definition) is 2. The number of nitrogens with one attached hydrogen (secondary N) is 1. The van der Waals surface area contributed by atoms with Gasteiger partial charge in [0.2, 0.25) is 10.0 Å². The van der Waals surface area contributed by atoms with E-state index in [1.54, 1.807) is 49.4 Å². The number of hydrogen-bond acceptors (Lipinski definition) is 7. The maximum absolute atomic E-state index is 13.7. The van der Waals surface area contributed by atoms with E-state index in [9.17, 15) is 26.7 Å². The maximum Gasteiger partial charge on any atom is 0.262 e. The molecule has 3 atom stereocenters. The first-order valence-corrected chi connectivity index (χ1v) is 16.5. The minimum absolute atomic E-state index is 0.00832. The summed E-state index contributed by atoms with van der Waals surface area (Å²) in [5.74, 6) is -0.839. The first-order chi connectivity index (χ1) is 19.7. The predicted molar refractivity (Wildman–Crippen MR) is 161 cm³/mol. The zero-order valence-electron chi connectivity index (χ0n) is 24.3. The standard InChI is InChI=1S/C30H37N3O7S2/c1-20-9-13-24(14-10-20)41(36,37)31-27-8-6-7-26-29(27)40-28(22(3)17-33(30(26)35)23(4)19-34)18-32(5)42(38,39)25-15-11-21(2)12-16-25/h6-16,22-23,28,31,34H,17-19H2,1-5H3/t22-,23-,28+/m0/s1. The van der Waals surface area contributed by atoms with E-state index in [2.05, 4.69) is 4.72 Å². The van der Waals surface area contributed by atoms with Crippen molar-refractivity contribution >= 4 is 31.6 Å². The highest BCUT2D eigenvalue weighted by Crippen LogP contribution is 2.36. The molecule has 3 aromatic carbocycles. The van der Waals surface area contributed by atoms with Gasteiger partial charge in [0.1, 0.15) is 6.10 Å². The van der Waals surface area contributed by atoms with Crippen LogP contribution < -0.4 is 9.46 Å². The molecule has 0 radical (unpaired) electrons. The molecule has 1 heterocycles. The highest BCUT2D eigenvalue weighted by atomic mass is 32.2. The topological polar surface area (TPSA) is 133 Å². The average Bonchev–Trinajstić information content (AvgIpc) is 2.95. The number of aliphatic hydroxyl groups is 1. The normalized spacial score (nSPS) is 18.5. The molecule has 2 N–H and O–H groups in total. The van der Waals surface area contributed by atoms with Crippen molar-refractivity contribution < 1.29 is 31.5 Å². The van der Waals surface area contributed by atoms with Crippen LogP contribution >= 0.6 is 0 Å². The van der Waals surface area contributed by atoms with E-state index in [1.807, 2.05) is 20.8 Å². The number of para-hydroxylation sites is 1. The van der Waals surface area contributed by atoms with Crippen molar-refractivity contribution in [2.45, 2.75) is 49.6 Å². The third kappa shape index (κ3) is 6.62. The smallest absolute Gasteiger partial charge is 0.262 e. The molecule has 0 unspecified atom stereocenters. The van der Waals surface area contributed by atoms with Crippen LogP contribution in [0, 0.1) is 19.8 Å². The fourth-order valence-corrected chi connectivity index (χ4v) is 6.95. The Hall–Kier alpha value is -3.45. The molecule has 12 heteroatoms. The molecule has 4 rings (SSSR count). The average molecular weight is 616 g/mol. The molecule has 0 aromatic heterocycles. The SMILES string of the molecule is Cc1ccc(S(=O)(=O)Nc2cccc3c2O[C@H](CN(C)S(=O)(=O)c2ccc(C)cc2)[C@@H](C)CN([C@@H](C)CO)C3=O)cc1. The Morgan fingerprint density at radius 3 is 2.12 bits per heavy atom. The summed E-state index contributed by atoms with van der Waals surface area (Å²) in [4.78, 5) is 15.4. The number of carbonyl (C=O) groups is 1. The van der Waals surface area contributed by atoms with Gasteiger partial charge >= 0.3 is 0 Å². The van der Waals surface area contributed by atoms with Crippen LogP contribution in [-0.4, -0.2) is 75.9 Å². The molecule has 1 aliphatic heterocycles. The van der Waals surface area contributed by atoms with E-state index in [0.29, 0.717) is 0 Å². The number of fused-ring (bicyclic) bond motifs is 1. The van der Waals surface area contributed by atoms with Crippen LogP contribution in [0.25, 0.3) is 0 Å². The number of sulfonamides is 2.